The molecule has 0 aromatic carbocycles. The van der Waals surface area contributed by atoms with Gasteiger partial charge in [-0.05, 0) is 38.5 Å². The highest BCUT2D eigenvalue weighted by Crippen LogP contribution is 2.27. The van der Waals surface area contributed by atoms with Crippen molar-refractivity contribution in [2.75, 3.05) is 39.3 Å². The summed E-state index contributed by atoms with van der Waals surface area (Å²) in [6.07, 6.45) is 4.29. The van der Waals surface area contributed by atoms with E-state index in [0.29, 0.717) is 45.3 Å². The molecule has 1 N–H and O–H groups in total. The number of carbonyl (C=O) groups is 2. The van der Waals surface area contributed by atoms with Crippen molar-refractivity contribution in [3.63, 3.8) is 0 Å². The van der Waals surface area contributed by atoms with Gasteiger partial charge in [0.15, 0.2) is 0 Å². The Kier molecular flexibility index (Phi) is 5.65. The van der Waals surface area contributed by atoms with E-state index in [-0.39, 0.29) is 18.4 Å². The third-order valence-corrected chi connectivity index (χ3v) is 7.61. The minimum absolute atomic E-state index is 0.0459. The van der Waals surface area contributed by atoms with E-state index in [1.807, 2.05) is 4.90 Å². The topological polar surface area (TPSA) is 98.2 Å². The van der Waals surface area contributed by atoms with Crippen molar-refractivity contribution in [2.45, 2.75) is 38.5 Å². The molecule has 0 aliphatic carbocycles. The second kappa shape index (κ2) is 7.59. The van der Waals surface area contributed by atoms with Gasteiger partial charge in [-0.1, -0.05) is 0 Å². The number of aliphatic carboxylic acids is 1. The van der Waals surface area contributed by atoms with Crippen LogP contribution in [0.2, 0.25) is 0 Å². The van der Waals surface area contributed by atoms with Gasteiger partial charge in [0.2, 0.25) is 5.91 Å². The molecule has 0 spiro atoms. The van der Waals surface area contributed by atoms with Crippen LogP contribution in [0.5, 0.6) is 0 Å². The molecule has 25 heavy (non-hydrogen) atoms. The van der Waals surface area contributed by atoms with E-state index in [9.17, 15) is 18.0 Å². The lowest BCUT2D eigenvalue weighted by molar-refractivity contribution is -0.143. The second-order valence-corrected chi connectivity index (χ2v) is 9.18. The predicted octanol–water partition coefficient (Wildman–Crippen LogP) is 0.362. The van der Waals surface area contributed by atoms with E-state index in [2.05, 4.69) is 0 Å². The molecule has 0 bridgehead atoms. The van der Waals surface area contributed by atoms with E-state index in [0.717, 1.165) is 25.9 Å². The van der Waals surface area contributed by atoms with Gasteiger partial charge in [-0.15, -0.1) is 0 Å². The van der Waals surface area contributed by atoms with Crippen molar-refractivity contribution in [3.05, 3.63) is 0 Å². The minimum Gasteiger partial charge on any atom is -0.481 e. The highest BCUT2D eigenvalue weighted by molar-refractivity contribution is 7.86. The number of carboxylic acid groups (broad SMARTS) is 1. The molecule has 142 valence electrons. The maximum Gasteiger partial charge on any atom is 0.307 e. The number of piperidine rings is 2. The number of carbonyl (C=O) groups excluding carboxylic acids is 1. The summed E-state index contributed by atoms with van der Waals surface area (Å²) in [7, 11) is -3.64. The van der Waals surface area contributed by atoms with Crippen LogP contribution < -0.4 is 0 Å². The number of nitrogens with zero attached hydrogens (tertiary/aromatic N) is 3. The molecule has 3 saturated heterocycles. The van der Waals surface area contributed by atoms with Crippen LogP contribution in [-0.4, -0.2) is 78.2 Å². The van der Waals surface area contributed by atoms with Crippen molar-refractivity contribution in [2.24, 2.45) is 11.8 Å². The molecule has 1 unspecified atom stereocenters. The van der Waals surface area contributed by atoms with E-state index in [1.54, 1.807) is 0 Å². The maximum atomic E-state index is 12.8. The van der Waals surface area contributed by atoms with Gasteiger partial charge in [-0.2, -0.15) is 17.0 Å². The first-order valence-corrected chi connectivity index (χ1v) is 10.6. The first-order valence-electron chi connectivity index (χ1n) is 9.16. The van der Waals surface area contributed by atoms with Gasteiger partial charge in [0, 0.05) is 45.2 Å². The third kappa shape index (κ3) is 3.98. The third-order valence-electron chi connectivity index (χ3n) is 5.61. The van der Waals surface area contributed by atoms with Crippen molar-refractivity contribution in [3.8, 4) is 0 Å². The summed E-state index contributed by atoms with van der Waals surface area (Å²) in [5.41, 5.74) is 0. The fourth-order valence-electron chi connectivity index (χ4n) is 4.05. The number of likely N-dealkylation sites (tertiary alicyclic amines) is 1. The zero-order valence-electron chi connectivity index (χ0n) is 14.5. The molecule has 0 aromatic heterocycles. The summed E-state index contributed by atoms with van der Waals surface area (Å²) in [6, 6.07) is 0. The zero-order chi connectivity index (χ0) is 18.0. The lowest BCUT2D eigenvalue weighted by atomic mass is 9.97. The average molecular weight is 373 g/mol. The number of carboxylic acids is 1. The van der Waals surface area contributed by atoms with Gasteiger partial charge < -0.3 is 10.0 Å². The second-order valence-electron chi connectivity index (χ2n) is 7.25. The smallest absolute Gasteiger partial charge is 0.307 e. The SMILES string of the molecule is O=C(O)C1CCCN(S(=O)(=O)N2CCC(C(=O)N3CCCC3)CC2)C1. The molecule has 3 fully saturated rings. The van der Waals surface area contributed by atoms with Crippen molar-refractivity contribution in [1.82, 2.24) is 13.5 Å². The van der Waals surface area contributed by atoms with Gasteiger partial charge in [0.1, 0.15) is 0 Å². The number of amides is 1. The summed E-state index contributed by atoms with van der Waals surface area (Å²) in [6.45, 7) is 2.73. The maximum absolute atomic E-state index is 12.8. The number of hydrogen-bond donors (Lipinski definition) is 1. The van der Waals surface area contributed by atoms with Crippen LogP contribution in [0.1, 0.15) is 38.5 Å². The fourth-order valence-corrected chi connectivity index (χ4v) is 5.77. The Morgan fingerprint density at radius 2 is 1.44 bits per heavy atom. The first-order chi connectivity index (χ1) is 11.9. The molecular weight excluding hydrogens is 346 g/mol. The average Bonchev–Trinajstić information content (AvgIpc) is 3.16. The molecule has 3 heterocycles. The van der Waals surface area contributed by atoms with Crippen LogP contribution in [0.4, 0.5) is 0 Å². The Balaban J connectivity index is 1.57. The Morgan fingerprint density at radius 3 is 2.04 bits per heavy atom. The van der Waals surface area contributed by atoms with Crippen LogP contribution in [0.25, 0.3) is 0 Å². The number of rotatable bonds is 4. The molecule has 1 amide bonds. The molecule has 1 atom stereocenters. The van der Waals surface area contributed by atoms with Crippen molar-refractivity contribution >= 4 is 22.1 Å². The summed E-state index contributed by atoms with van der Waals surface area (Å²) in [5.74, 6) is -1.48. The van der Waals surface area contributed by atoms with Gasteiger partial charge in [-0.25, -0.2) is 0 Å². The van der Waals surface area contributed by atoms with E-state index < -0.39 is 22.1 Å². The van der Waals surface area contributed by atoms with Crippen LogP contribution in [0.15, 0.2) is 0 Å². The summed E-state index contributed by atoms with van der Waals surface area (Å²) in [5, 5.41) is 9.15. The van der Waals surface area contributed by atoms with Gasteiger partial charge in [0.25, 0.3) is 10.2 Å². The largest absolute Gasteiger partial charge is 0.481 e. The van der Waals surface area contributed by atoms with E-state index >= 15 is 0 Å². The molecule has 0 radical (unpaired) electrons. The molecule has 0 aromatic rings. The van der Waals surface area contributed by atoms with Crippen LogP contribution in [0, 0.1) is 11.8 Å². The monoisotopic (exact) mass is 373 g/mol. The van der Waals surface area contributed by atoms with Gasteiger partial charge >= 0.3 is 5.97 Å². The van der Waals surface area contributed by atoms with E-state index in [4.69, 9.17) is 5.11 Å². The molecular formula is C16H27N3O5S. The highest BCUT2D eigenvalue weighted by Gasteiger charge is 2.39. The van der Waals surface area contributed by atoms with Crippen molar-refractivity contribution < 1.29 is 23.1 Å². The normalized spacial score (nSPS) is 27.5. The summed E-state index contributed by atoms with van der Waals surface area (Å²) >= 11 is 0. The van der Waals surface area contributed by atoms with Crippen LogP contribution in [0.3, 0.4) is 0 Å². The molecule has 3 aliphatic heterocycles. The van der Waals surface area contributed by atoms with Crippen molar-refractivity contribution in [1.29, 1.82) is 0 Å². The standard InChI is InChI=1S/C16H27N3O5S/c20-15(17-7-1-2-8-17)13-5-10-18(11-6-13)25(23,24)19-9-3-4-14(12-19)16(21)22/h13-14H,1-12H2,(H,21,22). The Labute approximate surface area is 148 Å². The lowest BCUT2D eigenvalue weighted by Gasteiger charge is -2.37. The molecule has 9 heteroatoms. The van der Waals surface area contributed by atoms with Gasteiger partial charge in [0.05, 0.1) is 5.92 Å². The lowest BCUT2D eigenvalue weighted by Crippen LogP contribution is -2.52. The molecule has 3 rings (SSSR count). The zero-order valence-corrected chi connectivity index (χ0v) is 15.3. The first kappa shape index (κ1) is 18.6. The van der Waals surface area contributed by atoms with E-state index in [1.165, 1.54) is 8.61 Å². The van der Waals surface area contributed by atoms with Crippen LogP contribution in [-0.2, 0) is 19.8 Å². The Morgan fingerprint density at radius 1 is 0.800 bits per heavy atom. The summed E-state index contributed by atoms with van der Waals surface area (Å²) in [4.78, 5) is 25.5. The Hall–Kier alpha value is -1.19. The van der Waals surface area contributed by atoms with Gasteiger partial charge in [-0.3, -0.25) is 9.59 Å². The molecule has 3 aliphatic rings. The summed E-state index contributed by atoms with van der Waals surface area (Å²) < 4.78 is 28.3. The predicted molar refractivity (Wildman–Crippen MR) is 91.0 cm³/mol. The quantitative estimate of drug-likeness (QED) is 0.767. The Bertz CT molecular complexity index is 609. The van der Waals surface area contributed by atoms with Crippen LogP contribution >= 0.6 is 0 Å². The number of hydrogen-bond acceptors (Lipinski definition) is 4. The fraction of sp³-hybridized carbons (Fsp3) is 0.875. The highest BCUT2D eigenvalue weighted by atomic mass is 32.2. The molecule has 0 saturated carbocycles. The molecule has 8 nitrogen and oxygen atoms in total. The minimum atomic E-state index is -3.64.